The Morgan fingerprint density at radius 2 is 2.10 bits per heavy atom. The zero-order valence-electron chi connectivity index (χ0n) is 13.5. The van der Waals surface area contributed by atoms with E-state index < -0.39 is 6.10 Å². The van der Waals surface area contributed by atoms with Gasteiger partial charge < -0.3 is 14.8 Å². The largest absolute Gasteiger partial charge is 0.467 e. The van der Waals surface area contributed by atoms with Gasteiger partial charge in [-0.05, 0) is 46.8 Å². The number of aliphatic hydroxyl groups excluding tert-OH is 1. The van der Waals surface area contributed by atoms with Crippen LogP contribution in [0.15, 0.2) is 22.8 Å². The lowest BCUT2D eigenvalue weighted by Gasteiger charge is -2.21. The molecule has 5 nitrogen and oxygen atoms in total. The highest BCUT2D eigenvalue weighted by atomic mass is 16.4. The van der Waals surface area contributed by atoms with Gasteiger partial charge in [-0.3, -0.25) is 4.68 Å². The zero-order chi connectivity index (χ0) is 15.6. The smallest absolute Gasteiger partial charge is 0.133 e. The molecule has 0 fully saturated rings. The Balaban J connectivity index is 1.99. The summed E-state index contributed by atoms with van der Waals surface area (Å²) in [6.45, 7) is 11.7. The second kappa shape index (κ2) is 6.03. The van der Waals surface area contributed by atoms with Crippen molar-refractivity contribution in [1.82, 2.24) is 15.1 Å². The summed E-state index contributed by atoms with van der Waals surface area (Å²) >= 11 is 0. The highest BCUT2D eigenvalue weighted by Crippen LogP contribution is 2.21. The first-order valence-electron chi connectivity index (χ1n) is 7.28. The number of aryl methyl sites for hydroxylation is 1. The third kappa shape index (κ3) is 3.54. The SMILES string of the molecule is Cc1nn(C(C)(C)C)c(C)c1CNCC(O)c1ccco1. The minimum Gasteiger partial charge on any atom is -0.467 e. The number of aromatic nitrogens is 2. The highest BCUT2D eigenvalue weighted by Gasteiger charge is 2.20. The number of nitrogens with one attached hydrogen (secondary N) is 1. The fraction of sp³-hybridized carbons (Fsp3) is 0.562. The Morgan fingerprint density at radius 1 is 1.38 bits per heavy atom. The van der Waals surface area contributed by atoms with Crippen LogP contribution in [0.1, 0.15) is 49.6 Å². The molecule has 0 aliphatic carbocycles. The monoisotopic (exact) mass is 291 g/mol. The van der Waals surface area contributed by atoms with Crippen LogP contribution in [0, 0.1) is 13.8 Å². The van der Waals surface area contributed by atoms with Gasteiger partial charge >= 0.3 is 0 Å². The maximum atomic E-state index is 9.98. The van der Waals surface area contributed by atoms with Gasteiger partial charge in [0, 0.05) is 24.3 Å². The van der Waals surface area contributed by atoms with Gasteiger partial charge in [-0.15, -0.1) is 0 Å². The molecule has 2 aromatic rings. The predicted octanol–water partition coefficient (Wildman–Crippen LogP) is 2.67. The minimum absolute atomic E-state index is 0.0270. The van der Waals surface area contributed by atoms with E-state index >= 15 is 0 Å². The molecule has 0 amide bonds. The first kappa shape index (κ1) is 15.8. The normalized spacial score (nSPS) is 13.6. The lowest BCUT2D eigenvalue weighted by Crippen LogP contribution is -2.25. The molecule has 0 spiro atoms. The van der Waals surface area contributed by atoms with Crippen molar-refractivity contribution in [3.05, 3.63) is 41.1 Å². The molecule has 0 saturated carbocycles. The maximum absolute atomic E-state index is 9.98. The number of nitrogens with zero attached hydrogens (tertiary/aromatic N) is 2. The van der Waals surface area contributed by atoms with Gasteiger partial charge in [0.25, 0.3) is 0 Å². The molecule has 5 heteroatoms. The Labute approximate surface area is 126 Å². The van der Waals surface area contributed by atoms with Crippen LogP contribution in [-0.2, 0) is 12.1 Å². The molecule has 1 atom stereocenters. The van der Waals surface area contributed by atoms with E-state index in [1.54, 1.807) is 18.4 Å². The van der Waals surface area contributed by atoms with Crippen LogP contribution in [0.4, 0.5) is 0 Å². The summed E-state index contributed by atoms with van der Waals surface area (Å²) in [4.78, 5) is 0. The standard InChI is InChI=1S/C16H25N3O2/c1-11-13(12(2)19(18-11)16(3,4)5)9-17-10-14(20)15-7-6-8-21-15/h6-8,14,17,20H,9-10H2,1-5H3. The van der Waals surface area contributed by atoms with E-state index in [2.05, 4.69) is 42.8 Å². The molecule has 0 aliphatic heterocycles. The van der Waals surface area contributed by atoms with Crippen LogP contribution in [0.25, 0.3) is 0 Å². The topological polar surface area (TPSA) is 63.2 Å². The Bertz CT molecular complexity index is 579. The second-order valence-corrected chi connectivity index (χ2v) is 6.39. The zero-order valence-corrected chi connectivity index (χ0v) is 13.5. The van der Waals surface area contributed by atoms with Crippen LogP contribution < -0.4 is 5.32 Å². The molecule has 21 heavy (non-hydrogen) atoms. The summed E-state index contributed by atoms with van der Waals surface area (Å²) in [5, 5.41) is 17.9. The molecule has 0 aromatic carbocycles. The molecular weight excluding hydrogens is 266 g/mol. The van der Waals surface area contributed by atoms with Crippen molar-refractivity contribution in [2.24, 2.45) is 0 Å². The maximum Gasteiger partial charge on any atom is 0.133 e. The molecule has 2 aromatic heterocycles. The fourth-order valence-corrected chi connectivity index (χ4v) is 2.50. The van der Waals surface area contributed by atoms with Crippen LogP contribution in [0.2, 0.25) is 0 Å². The van der Waals surface area contributed by atoms with Gasteiger partial charge in [0.05, 0.1) is 17.5 Å². The molecule has 0 bridgehead atoms. The molecule has 2 rings (SSSR count). The van der Waals surface area contributed by atoms with E-state index in [-0.39, 0.29) is 5.54 Å². The molecule has 2 N–H and O–H groups in total. The number of hydrogen-bond acceptors (Lipinski definition) is 4. The summed E-state index contributed by atoms with van der Waals surface area (Å²) in [5.41, 5.74) is 3.36. The van der Waals surface area contributed by atoms with Crippen molar-refractivity contribution >= 4 is 0 Å². The van der Waals surface area contributed by atoms with E-state index in [9.17, 15) is 5.11 Å². The average Bonchev–Trinajstić information content (AvgIpc) is 3.00. The minimum atomic E-state index is -0.627. The number of furan rings is 1. The third-order valence-electron chi connectivity index (χ3n) is 3.59. The average molecular weight is 291 g/mol. The van der Waals surface area contributed by atoms with E-state index in [1.807, 2.05) is 6.92 Å². The number of hydrogen-bond donors (Lipinski definition) is 2. The Hall–Kier alpha value is -1.59. The molecule has 0 saturated heterocycles. The predicted molar refractivity (Wildman–Crippen MR) is 82.1 cm³/mol. The van der Waals surface area contributed by atoms with Crippen LogP contribution in [-0.4, -0.2) is 21.4 Å². The van der Waals surface area contributed by atoms with E-state index in [0.29, 0.717) is 18.8 Å². The second-order valence-electron chi connectivity index (χ2n) is 6.39. The van der Waals surface area contributed by atoms with Gasteiger partial charge in [-0.25, -0.2) is 0 Å². The van der Waals surface area contributed by atoms with Gasteiger partial charge in [0.2, 0.25) is 0 Å². The number of aliphatic hydroxyl groups is 1. The molecule has 0 aliphatic rings. The summed E-state index contributed by atoms with van der Waals surface area (Å²) in [6, 6.07) is 3.56. The van der Waals surface area contributed by atoms with Crippen LogP contribution in [0.5, 0.6) is 0 Å². The van der Waals surface area contributed by atoms with Gasteiger partial charge in [0.15, 0.2) is 0 Å². The lowest BCUT2D eigenvalue weighted by atomic mass is 10.1. The van der Waals surface area contributed by atoms with Crippen LogP contribution in [0.3, 0.4) is 0 Å². The van der Waals surface area contributed by atoms with Crippen molar-refractivity contribution in [2.45, 2.75) is 52.8 Å². The third-order valence-corrected chi connectivity index (χ3v) is 3.59. The van der Waals surface area contributed by atoms with Crippen molar-refractivity contribution in [3.63, 3.8) is 0 Å². The van der Waals surface area contributed by atoms with E-state index in [4.69, 9.17) is 4.42 Å². The van der Waals surface area contributed by atoms with Crippen molar-refractivity contribution in [1.29, 1.82) is 0 Å². The fourth-order valence-electron chi connectivity index (χ4n) is 2.50. The first-order valence-corrected chi connectivity index (χ1v) is 7.28. The quantitative estimate of drug-likeness (QED) is 0.889. The Kier molecular flexibility index (Phi) is 4.54. The Morgan fingerprint density at radius 3 is 2.62 bits per heavy atom. The van der Waals surface area contributed by atoms with Gasteiger partial charge in [-0.2, -0.15) is 5.10 Å². The molecular formula is C16H25N3O2. The summed E-state index contributed by atoms with van der Waals surface area (Å²) in [5.74, 6) is 0.585. The van der Waals surface area contributed by atoms with Crippen LogP contribution >= 0.6 is 0 Å². The van der Waals surface area contributed by atoms with E-state index in [1.165, 1.54) is 11.3 Å². The van der Waals surface area contributed by atoms with Crippen molar-refractivity contribution in [2.75, 3.05) is 6.54 Å². The summed E-state index contributed by atoms with van der Waals surface area (Å²) in [7, 11) is 0. The highest BCUT2D eigenvalue weighted by molar-refractivity contribution is 5.25. The molecule has 0 radical (unpaired) electrons. The molecule has 2 heterocycles. The lowest BCUT2D eigenvalue weighted by molar-refractivity contribution is 0.147. The molecule has 1 unspecified atom stereocenters. The van der Waals surface area contributed by atoms with Gasteiger partial charge in [0.1, 0.15) is 11.9 Å². The van der Waals surface area contributed by atoms with E-state index in [0.717, 1.165) is 5.69 Å². The number of rotatable bonds is 5. The summed E-state index contributed by atoms with van der Waals surface area (Å²) < 4.78 is 7.25. The molecule has 116 valence electrons. The summed E-state index contributed by atoms with van der Waals surface area (Å²) in [6.07, 6.45) is 0.943. The van der Waals surface area contributed by atoms with Crippen molar-refractivity contribution < 1.29 is 9.52 Å². The van der Waals surface area contributed by atoms with Crippen molar-refractivity contribution in [3.8, 4) is 0 Å². The first-order chi connectivity index (χ1) is 9.80. The van der Waals surface area contributed by atoms with Gasteiger partial charge in [-0.1, -0.05) is 0 Å².